The van der Waals surface area contributed by atoms with E-state index in [1.165, 1.54) is 58.9 Å². The lowest BCUT2D eigenvalue weighted by Gasteiger charge is -2.23. The lowest BCUT2D eigenvalue weighted by molar-refractivity contribution is -0.153. The molecule has 118 heavy (non-hydrogen) atoms. The van der Waals surface area contributed by atoms with Crippen LogP contribution in [0.25, 0.3) is 0 Å². The Hall–Kier alpha value is -12.1. The number of unbranched alkanes of at least 4 members (excludes halogenated alkanes) is 6. The van der Waals surface area contributed by atoms with Crippen LogP contribution in [-0.2, 0) is 79.7 Å². The molecule has 0 fully saturated rings. The van der Waals surface area contributed by atoms with Crippen molar-refractivity contribution >= 4 is 65.5 Å². The van der Waals surface area contributed by atoms with Gasteiger partial charge in [-0.2, -0.15) is 20.5 Å². The standard InChI is InChI=1S/2C15H10N2O2.C9H16O6.2C8H12N2O2.2C7H12O4.C5H10O4.2C3H8O2/c2*16-10-19-15-7-3-13(4-8-15)9-12-1-5-14(6-2-12)17-11-18;1-9(4-10,5-11)6-15-8(14)3-2-7(12)13;2*9-7-12-6-4-2-1-3-5-10-8-11;2*1-5(2)7(10)11-4-6(9)3-8;1-5(2-6,3-7)4(8)9;2*1-3(5)2-4/h2*1-8H,9H2;10-11H,2-6H2,1H3,(H,12,13);2*1-6H2;2*6,8-9H,1,3-4H2,2H3;6-7H,2-3H2,1H3,(H,8,9);2*3-5H,2H2,1H3. The molecule has 38 heteroatoms. The van der Waals surface area contributed by atoms with E-state index >= 15 is 0 Å². The summed E-state index contributed by atoms with van der Waals surface area (Å²) in [5, 5.41) is 150. The quantitative estimate of drug-likeness (QED) is 0.00524. The average molecular weight is 1660 g/mol. The lowest BCUT2D eigenvalue weighted by atomic mass is 9.94. The van der Waals surface area contributed by atoms with Crippen LogP contribution in [0, 0.1) is 56.9 Å². The summed E-state index contributed by atoms with van der Waals surface area (Å²) in [6.45, 7) is 14.4. The van der Waals surface area contributed by atoms with Gasteiger partial charge in [0.1, 0.15) is 62.2 Å². The van der Waals surface area contributed by atoms with Crippen molar-refractivity contribution in [1.29, 1.82) is 21.0 Å². The Morgan fingerprint density at radius 1 is 0.449 bits per heavy atom. The van der Waals surface area contributed by atoms with Crippen LogP contribution < -0.4 is 9.47 Å². The molecule has 0 spiro atoms. The molecule has 0 aliphatic rings. The number of rotatable bonds is 42. The van der Waals surface area contributed by atoms with Gasteiger partial charge in [0, 0.05) is 16.6 Å². The molecule has 4 rings (SSSR count). The number of esters is 3. The smallest absolute Gasteiger partial charge is 0.333 e. The summed E-state index contributed by atoms with van der Waals surface area (Å²) >= 11 is 0. The number of benzene rings is 4. The number of hydrogen-bond acceptors (Lipinski definition) is 36. The minimum atomic E-state index is -1.39. The Morgan fingerprint density at radius 3 is 1.01 bits per heavy atom. The SMILES string of the molecule is C=C(C)C(=O)OCC(O)CO.C=C(C)C(=O)OCC(O)CO.CC(CO)(CO)C(=O)O.CC(CO)(CO)COC(=O)CCC(=O)O.CC(O)CO.CC(O)CO.N#COCCCCCCN=C=O.N#COCCCCCCN=C=O.N#COc1ccc(Cc2ccc(N=C=O)cc2)cc1.N#COc1ccc(Cc2ccc(N=C=O)cc2)cc1. The molecule has 0 saturated heterocycles. The normalized spacial score (nSPS) is 10.5. The molecule has 38 nitrogen and oxygen atoms in total. The third-order valence-electron chi connectivity index (χ3n) is 13.6. The lowest BCUT2D eigenvalue weighted by Crippen LogP contribution is -2.35. The highest BCUT2D eigenvalue weighted by Crippen LogP contribution is 2.21. The van der Waals surface area contributed by atoms with E-state index in [4.69, 9.17) is 107 Å². The van der Waals surface area contributed by atoms with Crippen LogP contribution in [0.2, 0.25) is 0 Å². The Balaban J connectivity index is -0.000000302. The van der Waals surface area contributed by atoms with Crippen molar-refractivity contribution in [2.75, 3.05) is 99.0 Å². The van der Waals surface area contributed by atoms with Gasteiger partial charge in [0.2, 0.25) is 24.3 Å². The number of aliphatic imine (C=N–C) groups is 4. The zero-order valence-corrected chi connectivity index (χ0v) is 66.9. The number of aliphatic hydroxyl groups excluding tert-OH is 12. The van der Waals surface area contributed by atoms with Crippen LogP contribution in [0.5, 0.6) is 11.5 Å². The fourth-order valence-electron chi connectivity index (χ4n) is 6.59. The second kappa shape index (κ2) is 80.1. The molecule has 0 radical (unpaired) electrons. The molecule has 0 aliphatic heterocycles. The fourth-order valence-corrected chi connectivity index (χ4v) is 6.59. The van der Waals surface area contributed by atoms with Crippen LogP contribution in [0.4, 0.5) is 11.4 Å². The molecule has 4 aromatic rings. The first-order valence-corrected chi connectivity index (χ1v) is 35.7. The van der Waals surface area contributed by atoms with Crippen LogP contribution in [0.3, 0.4) is 0 Å². The van der Waals surface area contributed by atoms with Crippen molar-refractivity contribution in [1.82, 2.24) is 0 Å². The van der Waals surface area contributed by atoms with Crippen molar-refractivity contribution < 1.29 is 148 Å². The first-order valence-electron chi connectivity index (χ1n) is 35.7. The molecule has 0 saturated carbocycles. The van der Waals surface area contributed by atoms with E-state index < -0.39 is 91.5 Å². The number of nitriles is 4. The van der Waals surface area contributed by atoms with Crippen LogP contribution >= 0.6 is 0 Å². The monoisotopic (exact) mass is 1660 g/mol. The molecule has 14 N–H and O–H groups in total. The first-order chi connectivity index (χ1) is 56.1. The number of carbonyl (C=O) groups excluding carboxylic acids is 7. The van der Waals surface area contributed by atoms with E-state index in [0.717, 1.165) is 86.5 Å². The molecule has 4 unspecified atom stereocenters. The predicted octanol–water partition coefficient (Wildman–Crippen LogP) is 5.05. The molecule has 0 amide bonds. The largest absolute Gasteiger partial charge is 0.481 e. The van der Waals surface area contributed by atoms with Gasteiger partial charge in [-0.3, -0.25) is 14.4 Å². The van der Waals surface area contributed by atoms with E-state index in [0.29, 0.717) is 49.2 Å². The maximum absolute atomic E-state index is 11.0. The molecule has 650 valence electrons. The summed E-state index contributed by atoms with van der Waals surface area (Å²) < 4.78 is 32.1. The molecule has 0 bridgehead atoms. The van der Waals surface area contributed by atoms with E-state index in [1.807, 2.05) is 48.5 Å². The molecule has 0 aliphatic carbocycles. The van der Waals surface area contributed by atoms with Crippen molar-refractivity contribution in [2.24, 2.45) is 30.8 Å². The Morgan fingerprint density at radius 2 is 0.771 bits per heavy atom. The van der Waals surface area contributed by atoms with Gasteiger partial charge < -0.3 is 105 Å². The number of isocyanates is 4. The summed E-state index contributed by atoms with van der Waals surface area (Å²) in [4.78, 5) is 106. The third kappa shape index (κ3) is 75.3. The highest BCUT2D eigenvalue weighted by molar-refractivity contribution is 5.87. The van der Waals surface area contributed by atoms with Gasteiger partial charge in [-0.15, -0.1) is 10.5 Å². The van der Waals surface area contributed by atoms with Gasteiger partial charge in [0.15, 0.2) is 0 Å². The minimum Gasteiger partial charge on any atom is -0.481 e. The van der Waals surface area contributed by atoms with Crippen molar-refractivity contribution in [3.05, 3.63) is 144 Å². The number of carbonyl (C=O) groups is 5. The van der Waals surface area contributed by atoms with E-state index in [-0.39, 0.29) is 70.2 Å². The fraction of sp³-hybridized carbons (Fsp3) is 0.487. The van der Waals surface area contributed by atoms with E-state index in [9.17, 15) is 43.2 Å². The molecule has 4 atom stereocenters. The Labute approximate surface area is 684 Å². The van der Waals surface area contributed by atoms with Gasteiger partial charge in [0.25, 0.3) is 25.0 Å². The second-order valence-corrected chi connectivity index (χ2v) is 24.8. The molecular formula is C80H110N8O30. The first kappa shape index (κ1) is 117. The zero-order chi connectivity index (χ0) is 90.8. The summed E-state index contributed by atoms with van der Waals surface area (Å²) in [5.41, 5.74) is 3.91. The molecule has 4 aromatic carbocycles. The number of ether oxygens (including phenoxy) is 7. The second-order valence-electron chi connectivity index (χ2n) is 24.8. The van der Waals surface area contributed by atoms with Gasteiger partial charge in [-0.05, 0) is 157 Å². The van der Waals surface area contributed by atoms with Crippen LogP contribution in [0.15, 0.2) is 141 Å². The van der Waals surface area contributed by atoms with Crippen molar-refractivity contribution in [3.8, 4) is 36.5 Å². The summed E-state index contributed by atoms with van der Waals surface area (Å²) in [6.07, 6.45) is 18.0. The predicted molar refractivity (Wildman–Crippen MR) is 421 cm³/mol. The highest BCUT2D eigenvalue weighted by Gasteiger charge is 2.31. The number of carboxylic acids is 2. The maximum Gasteiger partial charge on any atom is 0.333 e. The minimum absolute atomic E-state index is 0.127. The van der Waals surface area contributed by atoms with E-state index in [1.54, 1.807) is 80.5 Å². The van der Waals surface area contributed by atoms with Gasteiger partial charge in [-0.1, -0.05) is 81.5 Å². The van der Waals surface area contributed by atoms with Crippen molar-refractivity contribution in [3.63, 3.8) is 0 Å². The Bertz CT molecular complexity index is 3530. The maximum atomic E-state index is 11.0. The van der Waals surface area contributed by atoms with Crippen molar-refractivity contribution in [2.45, 2.75) is 143 Å². The molecule has 0 aromatic heterocycles. The van der Waals surface area contributed by atoms with Crippen LogP contribution in [0.1, 0.15) is 128 Å². The number of hydrogen-bond donors (Lipinski definition) is 14. The number of carboxylic acid groups (broad SMARTS) is 2. The summed E-state index contributed by atoms with van der Waals surface area (Å²) in [7, 11) is 0. The highest BCUT2D eigenvalue weighted by atomic mass is 16.6. The zero-order valence-electron chi connectivity index (χ0n) is 66.9. The van der Waals surface area contributed by atoms with E-state index in [2.05, 4.69) is 52.1 Å². The summed E-state index contributed by atoms with van der Waals surface area (Å²) in [5.74, 6) is -2.96. The number of aliphatic carboxylic acids is 2. The van der Waals surface area contributed by atoms with Gasteiger partial charge in [-0.25, -0.2) is 38.8 Å². The van der Waals surface area contributed by atoms with Crippen LogP contribution in [-0.4, -0.2) is 249 Å². The number of aliphatic hydroxyl groups is 12. The number of nitrogens with zero attached hydrogens (tertiary/aromatic N) is 8. The topological polar surface area (TPSA) is 646 Å². The average Bonchev–Trinajstić information content (AvgIpc) is 0.897. The summed E-state index contributed by atoms with van der Waals surface area (Å²) in [6, 6.07) is 29.4. The van der Waals surface area contributed by atoms with Gasteiger partial charge >= 0.3 is 29.8 Å². The Kier molecular flexibility index (Phi) is 79.3. The third-order valence-corrected chi connectivity index (χ3v) is 13.6. The van der Waals surface area contributed by atoms with Gasteiger partial charge in [0.05, 0.1) is 102 Å². The molecule has 0 heterocycles. The molecular weight excluding hydrogens is 1550 g/mol.